The highest BCUT2D eigenvalue weighted by molar-refractivity contribution is 5.93. The number of anilines is 1. The number of benzene rings is 1. The van der Waals surface area contributed by atoms with E-state index in [0.29, 0.717) is 17.3 Å². The van der Waals surface area contributed by atoms with Gasteiger partial charge in [-0.15, -0.1) is 0 Å². The third kappa shape index (κ3) is 4.15. The van der Waals surface area contributed by atoms with Crippen LogP contribution in [0.1, 0.15) is 43.7 Å². The maximum atomic E-state index is 11.1. The van der Waals surface area contributed by atoms with Gasteiger partial charge < -0.3 is 10.4 Å². The summed E-state index contributed by atoms with van der Waals surface area (Å²) in [6.45, 7) is 5.21. The van der Waals surface area contributed by atoms with Crippen molar-refractivity contribution in [3.05, 3.63) is 30.1 Å². The molecule has 5 heteroatoms. The molecule has 0 saturated heterocycles. The van der Waals surface area contributed by atoms with Gasteiger partial charge in [0.25, 0.3) is 0 Å². The van der Waals surface area contributed by atoms with Crippen molar-refractivity contribution < 1.29 is 9.90 Å². The summed E-state index contributed by atoms with van der Waals surface area (Å²) >= 11 is 0. The molecule has 0 radical (unpaired) electrons. The second-order valence-corrected chi connectivity index (χ2v) is 5.53. The highest BCUT2D eigenvalue weighted by atomic mass is 16.4. The number of carboxylic acids is 1. The molecule has 2 N–H and O–H groups in total. The van der Waals surface area contributed by atoms with Crippen LogP contribution in [0.15, 0.2) is 24.3 Å². The molecule has 1 aromatic carbocycles. The number of aromatic carboxylic acids is 1. The van der Waals surface area contributed by atoms with Crippen LogP contribution in [0.3, 0.4) is 0 Å². The van der Waals surface area contributed by atoms with Gasteiger partial charge in [-0.05, 0) is 24.5 Å². The lowest BCUT2D eigenvalue weighted by molar-refractivity contribution is 0.0684. The predicted molar refractivity (Wildman–Crippen MR) is 83.7 cm³/mol. The van der Waals surface area contributed by atoms with E-state index in [-0.39, 0.29) is 5.82 Å². The SMILES string of the molecule is CC(C)CCCCNc1nc(C(=O)O)nc2ccccc12. The van der Waals surface area contributed by atoms with Crippen molar-refractivity contribution in [1.29, 1.82) is 0 Å². The third-order valence-electron chi connectivity index (χ3n) is 3.30. The number of unbranched alkanes of at least 4 members (excludes halogenated alkanes) is 1. The maximum absolute atomic E-state index is 11.1. The normalized spacial score (nSPS) is 11.0. The van der Waals surface area contributed by atoms with Gasteiger partial charge in [0.1, 0.15) is 5.82 Å². The van der Waals surface area contributed by atoms with E-state index in [2.05, 4.69) is 29.1 Å². The minimum atomic E-state index is -1.11. The van der Waals surface area contributed by atoms with Gasteiger partial charge >= 0.3 is 5.97 Å². The van der Waals surface area contributed by atoms with Crippen molar-refractivity contribution in [2.24, 2.45) is 5.92 Å². The Morgan fingerprint density at radius 2 is 2.00 bits per heavy atom. The van der Waals surface area contributed by atoms with E-state index in [0.717, 1.165) is 24.8 Å². The molecule has 0 bridgehead atoms. The standard InChI is InChI=1S/C16H21N3O2/c1-11(2)7-5-6-10-17-14-12-8-3-4-9-13(12)18-15(19-14)16(20)21/h3-4,8-9,11H,5-7,10H2,1-2H3,(H,20,21)(H,17,18,19). The smallest absolute Gasteiger partial charge is 0.374 e. The number of para-hydroxylation sites is 1. The maximum Gasteiger partial charge on any atom is 0.374 e. The minimum absolute atomic E-state index is 0.168. The second kappa shape index (κ2) is 7.02. The number of carbonyl (C=O) groups is 1. The van der Waals surface area contributed by atoms with Crippen LogP contribution in [0.25, 0.3) is 10.9 Å². The van der Waals surface area contributed by atoms with E-state index in [9.17, 15) is 4.79 Å². The number of hydrogen-bond donors (Lipinski definition) is 2. The average Bonchev–Trinajstić information content (AvgIpc) is 2.46. The Morgan fingerprint density at radius 3 is 2.71 bits per heavy atom. The Morgan fingerprint density at radius 1 is 1.24 bits per heavy atom. The first-order valence-electron chi connectivity index (χ1n) is 7.32. The summed E-state index contributed by atoms with van der Waals surface area (Å²) in [5.74, 6) is 0.0352. The molecule has 21 heavy (non-hydrogen) atoms. The van der Waals surface area contributed by atoms with Crippen LogP contribution in [0.4, 0.5) is 5.82 Å². The molecule has 0 spiro atoms. The van der Waals surface area contributed by atoms with Gasteiger partial charge in [-0.3, -0.25) is 0 Å². The molecule has 0 unspecified atom stereocenters. The molecule has 0 amide bonds. The van der Waals surface area contributed by atoms with Crippen LogP contribution < -0.4 is 5.32 Å². The summed E-state index contributed by atoms with van der Waals surface area (Å²) < 4.78 is 0. The van der Waals surface area contributed by atoms with Gasteiger partial charge in [-0.25, -0.2) is 14.8 Å². The van der Waals surface area contributed by atoms with Crippen LogP contribution in [0.2, 0.25) is 0 Å². The zero-order valence-electron chi connectivity index (χ0n) is 12.5. The number of nitrogens with zero attached hydrogens (tertiary/aromatic N) is 2. The lowest BCUT2D eigenvalue weighted by Crippen LogP contribution is -2.10. The highest BCUT2D eigenvalue weighted by Crippen LogP contribution is 2.20. The van der Waals surface area contributed by atoms with Crippen molar-refractivity contribution in [2.75, 3.05) is 11.9 Å². The summed E-state index contributed by atoms with van der Waals surface area (Å²) in [4.78, 5) is 19.3. The van der Waals surface area contributed by atoms with E-state index in [4.69, 9.17) is 5.11 Å². The van der Waals surface area contributed by atoms with Crippen molar-refractivity contribution in [3.63, 3.8) is 0 Å². The molecule has 0 aliphatic rings. The molecule has 112 valence electrons. The van der Waals surface area contributed by atoms with E-state index in [1.54, 1.807) is 6.07 Å². The molecule has 5 nitrogen and oxygen atoms in total. The first kappa shape index (κ1) is 15.2. The average molecular weight is 287 g/mol. The fourth-order valence-electron chi connectivity index (χ4n) is 2.19. The third-order valence-corrected chi connectivity index (χ3v) is 3.30. The van der Waals surface area contributed by atoms with Crippen molar-refractivity contribution >= 4 is 22.7 Å². The van der Waals surface area contributed by atoms with Crippen LogP contribution in [-0.4, -0.2) is 27.6 Å². The Kier molecular flexibility index (Phi) is 5.09. The minimum Gasteiger partial charge on any atom is -0.475 e. The van der Waals surface area contributed by atoms with Gasteiger partial charge in [-0.1, -0.05) is 38.8 Å². The Bertz CT molecular complexity index is 626. The van der Waals surface area contributed by atoms with Crippen LogP contribution in [0, 0.1) is 5.92 Å². The van der Waals surface area contributed by atoms with Crippen molar-refractivity contribution in [1.82, 2.24) is 9.97 Å². The van der Waals surface area contributed by atoms with E-state index in [1.165, 1.54) is 6.42 Å². The lowest BCUT2D eigenvalue weighted by atomic mass is 10.1. The van der Waals surface area contributed by atoms with Gasteiger partial charge in [-0.2, -0.15) is 0 Å². The number of hydrogen-bond acceptors (Lipinski definition) is 4. The molecule has 2 rings (SSSR count). The topological polar surface area (TPSA) is 75.1 Å². The monoisotopic (exact) mass is 287 g/mol. The quantitative estimate of drug-likeness (QED) is 0.761. The van der Waals surface area contributed by atoms with Gasteiger partial charge in [0.05, 0.1) is 5.52 Å². The molecule has 1 aromatic heterocycles. The first-order chi connectivity index (χ1) is 10.1. The van der Waals surface area contributed by atoms with Crippen molar-refractivity contribution in [2.45, 2.75) is 33.1 Å². The molecular weight excluding hydrogens is 266 g/mol. The Hall–Kier alpha value is -2.17. The molecule has 0 aliphatic heterocycles. The summed E-state index contributed by atoms with van der Waals surface area (Å²) in [5, 5.41) is 13.2. The van der Waals surface area contributed by atoms with E-state index in [1.807, 2.05) is 18.2 Å². The summed E-state index contributed by atoms with van der Waals surface area (Å²) in [5.41, 5.74) is 0.648. The Labute approximate surface area is 124 Å². The summed E-state index contributed by atoms with van der Waals surface area (Å²) in [7, 11) is 0. The number of aromatic nitrogens is 2. The van der Waals surface area contributed by atoms with Gasteiger partial charge in [0, 0.05) is 11.9 Å². The molecule has 0 aliphatic carbocycles. The molecule has 0 atom stereocenters. The highest BCUT2D eigenvalue weighted by Gasteiger charge is 2.12. The predicted octanol–water partition coefficient (Wildman–Crippen LogP) is 3.57. The summed E-state index contributed by atoms with van der Waals surface area (Å²) in [6, 6.07) is 7.44. The van der Waals surface area contributed by atoms with Crippen LogP contribution >= 0.6 is 0 Å². The van der Waals surface area contributed by atoms with Gasteiger partial charge in [0.15, 0.2) is 0 Å². The fourth-order valence-corrected chi connectivity index (χ4v) is 2.19. The number of nitrogens with one attached hydrogen (secondary N) is 1. The molecular formula is C16H21N3O2. The lowest BCUT2D eigenvalue weighted by Gasteiger charge is -2.10. The van der Waals surface area contributed by atoms with E-state index >= 15 is 0 Å². The van der Waals surface area contributed by atoms with Gasteiger partial charge in [0.2, 0.25) is 5.82 Å². The Balaban J connectivity index is 2.12. The zero-order valence-corrected chi connectivity index (χ0v) is 12.5. The summed E-state index contributed by atoms with van der Waals surface area (Å²) in [6.07, 6.45) is 3.39. The van der Waals surface area contributed by atoms with Crippen LogP contribution in [-0.2, 0) is 0 Å². The largest absolute Gasteiger partial charge is 0.475 e. The number of fused-ring (bicyclic) bond motifs is 1. The van der Waals surface area contributed by atoms with Crippen molar-refractivity contribution in [3.8, 4) is 0 Å². The second-order valence-electron chi connectivity index (χ2n) is 5.53. The molecule has 2 aromatic rings. The molecule has 0 saturated carbocycles. The van der Waals surface area contributed by atoms with Crippen LogP contribution in [0.5, 0.6) is 0 Å². The number of carboxylic acid groups (broad SMARTS) is 1. The number of rotatable bonds is 7. The molecule has 1 heterocycles. The fraction of sp³-hybridized carbons (Fsp3) is 0.438. The first-order valence-corrected chi connectivity index (χ1v) is 7.32. The zero-order chi connectivity index (χ0) is 15.2. The molecule has 0 fully saturated rings. The van der Waals surface area contributed by atoms with E-state index < -0.39 is 5.97 Å².